The number of hydrogen-bond donors (Lipinski definition) is 1. The average molecular weight is 400 g/mol. The Kier molecular flexibility index (Phi) is 4.77. The smallest absolute Gasteiger partial charge is 0.270 e. The van der Waals surface area contributed by atoms with E-state index in [1.165, 1.54) is 12.1 Å². The number of nitro benzene ring substituents is 1. The van der Waals surface area contributed by atoms with E-state index in [-0.39, 0.29) is 11.7 Å². The molecule has 6 heteroatoms. The monoisotopic (exact) mass is 398 g/mol. The minimum Gasteiger partial charge on any atom is -0.378 e. The summed E-state index contributed by atoms with van der Waals surface area (Å²) < 4.78 is 1.69. The molecule has 104 valence electrons. The van der Waals surface area contributed by atoms with Gasteiger partial charge in [-0.1, -0.05) is 28.1 Å². The van der Waals surface area contributed by atoms with Gasteiger partial charge in [0.15, 0.2) is 0 Å². The summed E-state index contributed by atoms with van der Waals surface area (Å²) in [4.78, 5) is 10.3. The first kappa shape index (κ1) is 15.0. The van der Waals surface area contributed by atoms with E-state index in [1.807, 2.05) is 31.2 Å². The molecule has 2 aromatic rings. The molecule has 20 heavy (non-hydrogen) atoms. The zero-order valence-corrected chi connectivity index (χ0v) is 13.8. The van der Waals surface area contributed by atoms with Gasteiger partial charge in [0.05, 0.1) is 4.92 Å². The maximum Gasteiger partial charge on any atom is 0.270 e. The van der Waals surface area contributed by atoms with Crippen molar-refractivity contribution in [3.63, 3.8) is 0 Å². The molecular weight excluding hydrogens is 388 g/mol. The van der Waals surface area contributed by atoms with Crippen LogP contribution in [0.15, 0.2) is 51.4 Å². The number of non-ortho nitro benzene ring substituents is 1. The standard InChI is InChI=1S/C14H12Br2N2O2/c1-9(10-3-2-4-11(15)7-10)17-14-6-5-12(18(19)20)8-13(14)16/h2-9,17H,1H3. The van der Waals surface area contributed by atoms with Crippen LogP contribution in [0.5, 0.6) is 0 Å². The van der Waals surface area contributed by atoms with Crippen LogP contribution in [0.3, 0.4) is 0 Å². The Morgan fingerprint density at radius 3 is 2.55 bits per heavy atom. The molecule has 0 aliphatic rings. The van der Waals surface area contributed by atoms with E-state index in [0.717, 1.165) is 15.7 Å². The van der Waals surface area contributed by atoms with E-state index in [9.17, 15) is 10.1 Å². The van der Waals surface area contributed by atoms with Crippen molar-refractivity contribution in [1.82, 2.24) is 0 Å². The van der Waals surface area contributed by atoms with Gasteiger partial charge in [-0.3, -0.25) is 10.1 Å². The molecule has 0 spiro atoms. The molecular formula is C14H12Br2N2O2. The number of halogens is 2. The van der Waals surface area contributed by atoms with E-state index in [0.29, 0.717) is 4.47 Å². The zero-order valence-electron chi connectivity index (χ0n) is 10.6. The molecule has 0 aliphatic carbocycles. The third-order valence-corrected chi connectivity index (χ3v) is 4.03. The fourth-order valence-electron chi connectivity index (χ4n) is 1.83. The minimum absolute atomic E-state index is 0.0672. The quantitative estimate of drug-likeness (QED) is 0.561. The van der Waals surface area contributed by atoms with E-state index >= 15 is 0 Å². The normalized spacial score (nSPS) is 11.9. The highest BCUT2D eigenvalue weighted by molar-refractivity contribution is 9.10. The van der Waals surface area contributed by atoms with Crippen molar-refractivity contribution in [2.24, 2.45) is 0 Å². The minimum atomic E-state index is -0.410. The number of benzene rings is 2. The van der Waals surface area contributed by atoms with Gasteiger partial charge < -0.3 is 5.32 Å². The van der Waals surface area contributed by atoms with Crippen molar-refractivity contribution in [1.29, 1.82) is 0 Å². The SMILES string of the molecule is CC(Nc1ccc([N+](=O)[O-])cc1Br)c1cccc(Br)c1. The number of nitrogens with one attached hydrogen (secondary N) is 1. The number of anilines is 1. The lowest BCUT2D eigenvalue weighted by molar-refractivity contribution is -0.384. The first-order valence-electron chi connectivity index (χ1n) is 5.93. The van der Waals surface area contributed by atoms with Gasteiger partial charge in [0.1, 0.15) is 0 Å². The Hall–Kier alpha value is -1.40. The highest BCUT2D eigenvalue weighted by Gasteiger charge is 2.12. The first-order valence-corrected chi connectivity index (χ1v) is 7.52. The Morgan fingerprint density at radius 2 is 1.95 bits per heavy atom. The molecule has 2 rings (SSSR count). The number of hydrogen-bond acceptors (Lipinski definition) is 3. The van der Waals surface area contributed by atoms with Crippen LogP contribution < -0.4 is 5.32 Å². The second-order valence-electron chi connectivity index (χ2n) is 4.34. The summed E-state index contributed by atoms with van der Waals surface area (Å²) in [5.74, 6) is 0. The fraction of sp³-hybridized carbons (Fsp3) is 0.143. The van der Waals surface area contributed by atoms with Gasteiger partial charge in [-0.2, -0.15) is 0 Å². The van der Waals surface area contributed by atoms with Crippen LogP contribution in [0.4, 0.5) is 11.4 Å². The van der Waals surface area contributed by atoms with E-state index in [1.54, 1.807) is 6.07 Å². The van der Waals surface area contributed by atoms with Gasteiger partial charge in [-0.25, -0.2) is 0 Å². The Balaban J connectivity index is 2.19. The maximum absolute atomic E-state index is 10.7. The zero-order chi connectivity index (χ0) is 14.7. The van der Waals surface area contributed by atoms with Gasteiger partial charge in [-0.05, 0) is 46.6 Å². The summed E-state index contributed by atoms with van der Waals surface area (Å²) in [6, 6.07) is 12.8. The molecule has 0 fully saturated rings. The van der Waals surface area contributed by atoms with Gasteiger partial charge in [-0.15, -0.1) is 0 Å². The summed E-state index contributed by atoms with van der Waals surface area (Å²) in [5, 5.41) is 14.0. The third-order valence-electron chi connectivity index (χ3n) is 2.88. The lowest BCUT2D eigenvalue weighted by atomic mass is 10.1. The second kappa shape index (κ2) is 6.37. The van der Waals surface area contributed by atoms with Crippen LogP contribution in [0.1, 0.15) is 18.5 Å². The molecule has 0 radical (unpaired) electrons. The van der Waals surface area contributed by atoms with Gasteiger partial charge in [0, 0.05) is 32.8 Å². The molecule has 0 saturated heterocycles. The molecule has 1 unspecified atom stereocenters. The molecule has 0 saturated carbocycles. The molecule has 0 aromatic heterocycles. The van der Waals surface area contributed by atoms with E-state index < -0.39 is 4.92 Å². The maximum atomic E-state index is 10.7. The highest BCUT2D eigenvalue weighted by Crippen LogP contribution is 2.30. The molecule has 0 aliphatic heterocycles. The Morgan fingerprint density at radius 1 is 1.20 bits per heavy atom. The van der Waals surface area contributed by atoms with Crippen LogP contribution in [0.2, 0.25) is 0 Å². The largest absolute Gasteiger partial charge is 0.378 e. The molecule has 1 atom stereocenters. The molecule has 0 bridgehead atoms. The molecule has 0 heterocycles. The second-order valence-corrected chi connectivity index (χ2v) is 6.11. The summed E-state index contributed by atoms with van der Waals surface area (Å²) in [5.41, 5.74) is 2.02. The summed E-state index contributed by atoms with van der Waals surface area (Å²) >= 11 is 6.80. The van der Waals surface area contributed by atoms with Crippen LogP contribution >= 0.6 is 31.9 Å². The van der Waals surface area contributed by atoms with Gasteiger partial charge >= 0.3 is 0 Å². The fourth-order valence-corrected chi connectivity index (χ4v) is 2.73. The van der Waals surface area contributed by atoms with E-state index in [2.05, 4.69) is 37.2 Å². The summed E-state index contributed by atoms with van der Waals surface area (Å²) in [6.07, 6.45) is 0. The van der Waals surface area contributed by atoms with Crippen LogP contribution in [0.25, 0.3) is 0 Å². The van der Waals surface area contributed by atoms with Crippen LogP contribution in [-0.4, -0.2) is 4.92 Å². The Labute approximate surface area is 133 Å². The van der Waals surface area contributed by atoms with Gasteiger partial charge in [0.2, 0.25) is 0 Å². The molecule has 1 N–H and O–H groups in total. The van der Waals surface area contributed by atoms with Crippen LogP contribution in [-0.2, 0) is 0 Å². The predicted molar refractivity (Wildman–Crippen MR) is 87.0 cm³/mol. The predicted octanol–water partition coefficient (Wildman–Crippen LogP) is 5.29. The number of nitrogens with zero attached hydrogens (tertiary/aromatic N) is 1. The van der Waals surface area contributed by atoms with Crippen molar-refractivity contribution >= 4 is 43.2 Å². The van der Waals surface area contributed by atoms with Crippen molar-refractivity contribution in [3.8, 4) is 0 Å². The van der Waals surface area contributed by atoms with E-state index in [4.69, 9.17) is 0 Å². The van der Waals surface area contributed by atoms with Crippen molar-refractivity contribution in [3.05, 3.63) is 67.1 Å². The number of nitro groups is 1. The first-order chi connectivity index (χ1) is 9.47. The molecule has 4 nitrogen and oxygen atoms in total. The highest BCUT2D eigenvalue weighted by atomic mass is 79.9. The summed E-state index contributed by atoms with van der Waals surface area (Å²) in [7, 11) is 0. The average Bonchev–Trinajstić information content (AvgIpc) is 2.40. The topological polar surface area (TPSA) is 55.2 Å². The Bertz CT molecular complexity index is 647. The van der Waals surface area contributed by atoms with Crippen molar-refractivity contribution < 1.29 is 4.92 Å². The lowest BCUT2D eigenvalue weighted by Gasteiger charge is -2.17. The van der Waals surface area contributed by atoms with Gasteiger partial charge in [0.25, 0.3) is 5.69 Å². The summed E-state index contributed by atoms with van der Waals surface area (Å²) in [6.45, 7) is 2.04. The van der Waals surface area contributed by atoms with Crippen molar-refractivity contribution in [2.75, 3.05) is 5.32 Å². The molecule has 2 aromatic carbocycles. The molecule has 0 amide bonds. The lowest BCUT2D eigenvalue weighted by Crippen LogP contribution is -2.07. The third kappa shape index (κ3) is 3.58. The number of rotatable bonds is 4. The van der Waals surface area contributed by atoms with Crippen molar-refractivity contribution in [2.45, 2.75) is 13.0 Å². The van der Waals surface area contributed by atoms with Crippen LogP contribution in [0, 0.1) is 10.1 Å².